The predicted octanol–water partition coefficient (Wildman–Crippen LogP) is 2.09. The molecule has 2 aromatic heterocycles. The number of rotatable bonds is 10. The number of H-pyrrole nitrogens is 2. The number of carbonyl (C=O) groups excluding carboxylic acids is 2. The third-order valence-corrected chi connectivity index (χ3v) is 6.08. The lowest BCUT2D eigenvalue weighted by molar-refractivity contribution is -0.700. The zero-order valence-electron chi connectivity index (χ0n) is 24.5. The number of benzene rings is 1. The van der Waals surface area contributed by atoms with Crippen LogP contribution >= 0.6 is 0 Å². The van der Waals surface area contributed by atoms with Crippen LogP contribution in [0.15, 0.2) is 36.9 Å². The standard InChI is InChI=1S/C28H40N6O6/c1-27(2,3)31-23-21(33(15-29-23)19(13-35)25(37)39-7)17-9-11-18(12-10-17)22-24(32-28(4,5)6)30-16-34(22)20(14-36)26(38)40-8/h9-12,15-16,19-20,31-32,35-36H,13-14H2,1-8H3/p+2/t19-,20-/m0/s1. The fourth-order valence-corrected chi connectivity index (χ4v) is 4.42. The van der Waals surface area contributed by atoms with Crippen LogP contribution in [-0.4, -0.2) is 70.6 Å². The normalized spacial score (nSPS) is 13.4. The Morgan fingerprint density at radius 2 is 1.07 bits per heavy atom. The van der Waals surface area contributed by atoms with E-state index in [-0.39, 0.29) is 11.1 Å². The fraction of sp³-hybridized carbons (Fsp3) is 0.500. The summed E-state index contributed by atoms with van der Waals surface area (Å²) in [5.41, 5.74) is 2.24. The Balaban J connectivity index is 2.18. The summed E-state index contributed by atoms with van der Waals surface area (Å²) in [4.78, 5) is 31.3. The Hall–Kier alpha value is -3.90. The first-order valence-corrected chi connectivity index (χ1v) is 13.0. The molecule has 0 aliphatic heterocycles. The van der Waals surface area contributed by atoms with E-state index in [1.807, 2.05) is 65.8 Å². The first-order chi connectivity index (χ1) is 18.7. The molecule has 0 fully saturated rings. The van der Waals surface area contributed by atoms with E-state index >= 15 is 0 Å². The fourth-order valence-electron chi connectivity index (χ4n) is 4.42. The zero-order valence-corrected chi connectivity index (χ0v) is 24.5. The molecule has 2 heterocycles. The summed E-state index contributed by atoms with van der Waals surface area (Å²) in [6.07, 6.45) is 3.26. The van der Waals surface area contributed by atoms with Gasteiger partial charge in [-0.1, -0.05) is 0 Å². The summed E-state index contributed by atoms with van der Waals surface area (Å²) in [6.45, 7) is 11.2. The van der Waals surface area contributed by atoms with Crippen molar-refractivity contribution in [2.24, 2.45) is 0 Å². The van der Waals surface area contributed by atoms with Gasteiger partial charge in [-0.25, -0.2) is 28.7 Å². The highest BCUT2D eigenvalue weighted by Gasteiger charge is 2.35. The minimum Gasteiger partial charge on any atom is -0.466 e. The van der Waals surface area contributed by atoms with Crippen molar-refractivity contribution in [3.05, 3.63) is 36.9 Å². The van der Waals surface area contributed by atoms with Gasteiger partial charge in [-0.3, -0.25) is 0 Å². The van der Waals surface area contributed by atoms with Crippen molar-refractivity contribution >= 4 is 23.6 Å². The van der Waals surface area contributed by atoms with E-state index in [1.165, 1.54) is 14.2 Å². The first-order valence-electron chi connectivity index (χ1n) is 13.0. The van der Waals surface area contributed by atoms with E-state index in [0.29, 0.717) is 23.0 Å². The van der Waals surface area contributed by atoms with Crippen molar-refractivity contribution in [1.29, 1.82) is 0 Å². The molecule has 0 saturated heterocycles. The minimum atomic E-state index is -0.953. The highest BCUT2D eigenvalue weighted by molar-refractivity contribution is 5.77. The summed E-state index contributed by atoms with van der Waals surface area (Å²) >= 11 is 0. The second-order valence-corrected chi connectivity index (χ2v) is 11.6. The molecule has 0 bridgehead atoms. The number of carbonyl (C=O) groups is 2. The average Bonchev–Trinajstić information content (AvgIpc) is 3.46. The molecule has 0 aliphatic rings. The smallest absolute Gasteiger partial charge is 0.353 e. The molecule has 40 heavy (non-hydrogen) atoms. The molecule has 0 unspecified atom stereocenters. The van der Waals surface area contributed by atoms with Gasteiger partial charge in [0.2, 0.25) is 36.4 Å². The zero-order chi connectivity index (χ0) is 29.8. The molecule has 6 N–H and O–H groups in total. The molecule has 0 aliphatic carbocycles. The van der Waals surface area contributed by atoms with Crippen molar-refractivity contribution in [3.63, 3.8) is 0 Å². The van der Waals surface area contributed by atoms with E-state index in [4.69, 9.17) is 9.47 Å². The molecule has 0 amide bonds. The minimum absolute atomic E-state index is 0.297. The van der Waals surface area contributed by atoms with Gasteiger partial charge in [0.1, 0.15) is 0 Å². The number of aromatic nitrogens is 4. The van der Waals surface area contributed by atoms with Crippen LogP contribution < -0.4 is 19.8 Å². The van der Waals surface area contributed by atoms with Gasteiger partial charge in [0.15, 0.2) is 11.4 Å². The molecule has 3 aromatic rings. The Bertz CT molecular complexity index is 1220. The maximum atomic E-state index is 12.5. The van der Waals surface area contributed by atoms with Crippen molar-refractivity contribution in [2.45, 2.75) is 64.7 Å². The molecule has 1 aromatic carbocycles. The van der Waals surface area contributed by atoms with Gasteiger partial charge in [-0.15, -0.1) is 0 Å². The lowest BCUT2D eigenvalue weighted by atomic mass is 10.0. The molecular formula is C28H42N6O6+2. The second kappa shape index (κ2) is 12.1. The number of imidazole rings is 2. The largest absolute Gasteiger partial charge is 0.466 e. The van der Waals surface area contributed by atoms with Gasteiger partial charge in [-0.2, -0.15) is 0 Å². The number of hydrogen-bond donors (Lipinski definition) is 6. The van der Waals surface area contributed by atoms with Gasteiger partial charge in [0.05, 0.1) is 27.4 Å². The molecule has 0 radical (unpaired) electrons. The van der Waals surface area contributed by atoms with Crippen LogP contribution in [0.3, 0.4) is 0 Å². The van der Waals surface area contributed by atoms with Gasteiger partial charge in [0, 0.05) is 22.2 Å². The quantitative estimate of drug-likeness (QED) is 0.163. The van der Waals surface area contributed by atoms with Crippen LogP contribution in [0.1, 0.15) is 53.6 Å². The second-order valence-electron chi connectivity index (χ2n) is 11.6. The first kappa shape index (κ1) is 30.6. The predicted molar refractivity (Wildman–Crippen MR) is 149 cm³/mol. The number of esters is 2. The number of nitrogens with zero attached hydrogens (tertiary/aromatic N) is 2. The topological polar surface area (TPSA) is 156 Å². The van der Waals surface area contributed by atoms with Crippen LogP contribution in [0.5, 0.6) is 0 Å². The number of anilines is 2. The van der Waals surface area contributed by atoms with Crippen molar-refractivity contribution in [2.75, 3.05) is 38.1 Å². The maximum absolute atomic E-state index is 12.5. The Labute approximate surface area is 234 Å². The summed E-state index contributed by atoms with van der Waals surface area (Å²) in [5, 5.41) is 26.9. The van der Waals surface area contributed by atoms with Crippen LogP contribution in [0.25, 0.3) is 22.5 Å². The number of hydrogen-bond acceptors (Lipinski definition) is 8. The number of aliphatic hydroxyl groups is 2. The van der Waals surface area contributed by atoms with E-state index in [2.05, 4.69) is 20.6 Å². The van der Waals surface area contributed by atoms with Crippen LogP contribution in [-0.2, 0) is 19.1 Å². The van der Waals surface area contributed by atoms with E-state index in [1.54, 1.807) is 21.8 Å². The Kier molecular flexibility index (Phi) is 9.26. The SMILES string of the molecule is COC(=O)[C@H](CO)[n+]1c[nH]c(NC(C)(C)C)c1-c1ccc(-c2c(NC(C)(C)C)[nH]c[n+]2[C@@H](CO)C(=O)OC)cc1. The molecule has 3 rings (SSSR count). The van der Waals surface area contributed by atoms with Gasteiger partial charge in [-0.05, 0) is 65.8 Å². The monoisotopic (exact) mass is 558 g/mol. The molecule has 2 atom stereocenters. The number of nitrogens with one attached hydrogen (secondary N) is 4. The summed E-state index contributed by atoms with van der Waals surface area (Å²) < 4.78 is 13.2. The average molecular weight is 559 g/mol. The summed E-state index contributed by atoms with van der Waals surface area (Å²) in [6, 6.07) is 5.65. The van der Waals surface area contributed by atoms with Gasteiger partial charge in [0.25, 0.3) is 0 Å². The van der Waals surface area contributed by atoms with Crippen molar-refractivity contribution < 1.29 is 38.4 Å². The molecule has 12 nitrogen and oxygen atoms in total. The third-order valence-electron chi connectivity index (χ3n) is 6.08. The molecule has 218 valence electrons. The lowest BCUT2D eigenvalue weighted by Crippen LogP contribution is -2.47. The molecule has 12 heteroatoms. The lowest BCUT2D eigenvalue weighted by Gasteiger charge is -2.21. The third kappa shape index (κ3) is 6.80. The maximum Gasteiger partial charge on any atom is 0.353 e. The molecular weight excluding hydrogens is 516 g/mol. The van der Waals surface area contributed by atoms with Crippen LogP contribution in [0, 0.1) is 0 Å². The van der Waals surface area contributed by atoms with Crippen LogP contribution in [0.2, 0.25) is 0 Å². The summed E-state index contributed by atoms with van der Waals surface area (Å²) in [5.74, 6) is 0.187. The Morgan fingerprint density at radius 1 is 0.750 bits per heavy atom. The van der Waals surface area contributed by atoms with E-state index in [9.17, 15) is 19.8 Å². The highest BCUT2D eigenvalue weighted by Crippen LogP contribution is 2.32. The van der Waals surface area contributed by atoms with E-state index in [0.717, 1.165) is 11.1 Å². The molecule has 0 spiro atoms. The molecule has 0 saturated carbocycles. The van der Waals surface area contributed by atoms with Crippen molar-refractivity contribution in [3.8, 4) is 22.5 Å². The van der Waals surface area contributed by atoms with Crippen LogP contribution in [0.4, 0.5) is 11.6 Å². The van der Waals surface area contributed by atoms with Gasteiger partial charge < -0.3 is 30.3 Å². The van der Waals surface area contributed by atoms with Crippen molar-refractivity contribution in [1.82, 2.24) is 9.97 Å². The van der Waals surface area contributed by atoms with Gasteiger partial charge >= 0.3 is 11.9 Å². The number of methoxy groups -OCH3 is 2. The number of ether oxygens (including phenoxy) is 2. The Morgan fingerprint density at radius 3 is 1.32 bits per heavy atom. The van der Waals surface area contributed by atoms with E-state index < -0.39 is 37.2 Å². The number of aromatic amines is 2. The highest BCUT2D eigenvalue weighted by atomic mass is 16.5. The summed E-state index contributed by atoms with van der Waals surface area (Å²) in [7, 11) is 2.56. The number of aliphatic hydroxyl groups excluding tert-OH is 2.